The summed E-state index contributed by atoms with van der Waals surface area (Å²) in [5.74, 6) is -0.626. The van der Waals surface area contributed by atoms with Crippen molar-refractivity contribution in [1.82, 2.24) is 0 Å². The van der Waals surface area contributed by atoms with Crippen molar-refractivity contribution in [1.29, 1.82) is 0 Å². The van der Waals surface area contributed by atoms with Crippen molar-refractivity contribution in [3.63, 3.8) is 0 Å². The standard InChI is InChI=1S/C14H9Cl3FNO/c15-10-6-12(17)13(7-11(10)16)19-14(20)5-8-1-3-9(18)4-2-8/h1-4,6-7H,5H2,(H,19,20). The van der Waals surface area contributed by atoms with E-state index in [4.69, 9.17) is 34.8 Å². The second-order valence-corrected chi connectivity index (χ2v) is 5.32. The molecule has 2 rings (SSSR count). The van der Waals surface area contributed by atoms with Crippen LogP contribution in [0.25, 0.3) is 0 Å². The molecule has 0 aliphatic rings. The first-order valence-corrected chi connectivity index (χ1v) is 6.78. The third kappa shape index (κ3) is 3.85. The van der Waals surface area contributed by atoms with Crippen LogP contribution in [0.4, 0.5) is 10.1 Å². The second-order valence-electron chi connectivity index (χ2n) is 4.10. The third-order valence-electron chi connectivity index (χ3n) is 2.56. The van der Waals surface area contributed by atoms with Gasteiger partial charge in [-0.1, -0.05) is 46.9 Å². The van der Waals surface area contributed by atoms with Gasteiger partial charge in [0, 0.05) is 0 Å². The van der Waals surface area contributed by atoms with Gasteiger partial charge in [0.2, 0.25) is 5.91 Å². The van der Waals surface area contributed by atoms with E-state index in [0.717, 1.165) is 0 Å². The Hall–Kier alpha value is -1.29. The minimum absolute atomic E-state index is 0.108. The van der Waals surface area contributed by atoms with E-state index < -0.39 is 0 Å². The summed E-state index contributed by atoms with van der Waals surface area (Å²) in [7, 11) is 0. The first kappa shape index (κ1) is 15.1. The molecular formula is C14H9Cl3FNO. The van der Waals surface area contributed by atoms with Gasteiger partial charge in [-0.3, -0.25) is 4.79 Å². The Morgan fingerprint density at radius 2 is 1.60 bits per heavy atom. The van der Waals surface area contributed by atoms with Crippen LogP contribution in [0.3, 0.4) is 0 Å². The molecule has 2 aromatic carbocycles. The van der Waals surface area contributed by atoms with Gasteiger partial charge in [0.15, 0.2) is 0 Å². The minimum Gasteiger partial charge on any atom is -0.324 e. The maximum absolute atomic E-state index is 12.8. The molecule has 2 aromatic rings. The molecule has 0 radical (unpaired) electrons. The van der Waals surface area contributed by atoms with E-state index >= 15 is 0 Å². The molecule has 1 N–H and O–H groups in total. The summed E-state index contributed by atoms with van der Waals surface area (Å²) in [5.41, 5.74) is 1.08. The molecule has 0 aliphatic heterocycles. The van der Waals surface area contributed by atoms with Crippen molar-refractivity contribution >= 4 is 46.4 Å². The van der Waals surface area contributed by atoms with Gasteiger partial charge in [-0.05, 0) is 29.8 Å². The lowest BCUT2D eigenvalue weighted by atomic mass is 10.1. The van der Waals surface area contributed by atoms with Gasteiger partial charge < -0.3 is 5.32 Å². The zero-order chi connectivity index (χ0) is 14.7. The van der Waals surface area contributed by atoms with Gasteiger partial charge in [0.25, 0.3) is 0 Å². The quantitative estimate of drug-likeness (QED) is 0.790. The van der Waals surface area contributed by atoms with Crippen LogP contribution in [0.1, 0.15) is 5.56 Å². The average Bonchev–Trinajstić information content (AvgIpc) is 2.39. The number of halogens is 4. The number of carbonyl (C=O) groups excluding carboxylic acids is 1. The zero-order valence-electron chi connectivity index (χ0n) is 10.1. The number of benzene rings is 2. The van der Waals surface area contributed by atoms with Crippen LogP contribution in [-0.2, 0) is 11.2 Å². The van der Waals surface area contributed by atoms with Gasteiger partial charge >= 0.3 is 0 Å². The van der Waals surface area contributed by atoms with Crippen molar-refractivity contribution in [3.8, 4) is 0 Å². The highest BCUT2D eigenvalue weighted by Gasteiger charge is 2.10. The minimum atomic E-state index is -0.346. The highest BCUT2D eigenvalue weighted by Crippen LogP contribution is 2.32. The van der Waals surface area contributed by atoms with E-state index in [9.17, 15) is 9.18 Å². The SMILES string of the molecule is O=C(Cc1ccc(F)cc1)Nc1cc(Cl)c(Cl)cc1Cl. The fourth-order valence-corrected chi connectivity index (χ4v) is 2.19. The van der Waals surface area contributed by atoms with Gasteiger partial charge in [-0.15, -0.1) is 0 Å². The Bertz CT molecular complexity index is 644. The second kappa shape index (κ2) is 6.44. The first-order valence-electron chi connectivity index (χ1n) is 5.64. The van der Waals surface area contributed by atoms with Crippen molar-refractivity contribution in [2.45, 2.75) is 6.42 Å². The van der Waals surface area contributed by atoms with Crippen molar-refractivity contribution in [3.05, 3.63) is 62.8 Å². The lowest BCUT2D eigenvalue weighted by Gasteiger charge is -2.09. The molecule has 0 bridgehead atoms. The summed E-state index contributed by atoms with van der Waals surface area (Å²) in [5, 5.41) is 3.54. The summed E-state index contributed by atoms with van der Waals surface area (Å²) < 4.78 is 12.8. The van der Waals surface area contributed by atoms with E-state index in [-0.39, 0.29) is 18.1 Å². The monoisotopic (exact) mass is 331 g/mol. The number of hydrogen-bond donors (Lipinski definition) is 1. The van der Waals surface area contributed by atoms with Crippen LogP contribution in [0.15, 0.2) is 36.4 Å². The zero-order valence-corrected chi connectivity index (χ0v) is 12.4. The van der Waals surface area contributed by atoms with Crippen molar-refractivity contribution in [2.24, 2.45) is 0 Å². The largest absolute Gasteiger partial charge is 0.324 e. The lowest BCUT2D eigenvalue weighted by Crippen LogP contribution is -2.14. The summed E-state index contributed by atoms with van der Waals surface area (Å²) in [6.07, 6.45) is 0.108. The molecule has 1 amide bonds. The Labute approximate surface area is 130 Å². The maximum atomic E-state index is 12.8. The molecule has 0 fully saturated rings. The third-order valence-corrected chi connectivity index (χ3v) is 3.60. The van der Waals surface area contributed by atoms with E-state index in [2.05, 4.69) is 5.32 Å². The highest BCUT2D eigenvalue weighted by atomic mass is 35.5. The van der Waals surface area contributed by atoms with Crippen LogP contribution < -0.4 is 5.32 Å². The normalized spacial score (nSPS) is 10.4. The summed E-state index contributed by atoms with van der Waals surface area (Å²) in [6, 6.07) is 8.63. The molecule has 0 atom stereocenters. The fraction of sp³-hybridized carbons (Fsp3) is 0.0714. The predicted octanol–water partition coefficient (Wildman–Crippen LogP) is 4.97. The maximum Gasteiger partial charge on any atom is 0.228 e. The van der Waals surface area contributed by atoms with Crippen LogP contribution in [0.5, 0.6) is 0 Å². The molecule has 0 heterocycles. The molecule has 0 aliphatic carbocycles. The van der Waals surface area contributed by atoms with E-state index in [1.54, 1.807) is 12.1 Å². The summed E-state index contributed by atoms with van der Waals surface area (Å²) >= 11 is 17.6. The van der Waals surface area contributed by atoms with E-state index in [1.165, 1.54) is 24.3 Å². The molecule has 104 valence electrons. The van der Waals surface area contributed by atoms with Crippen LogP contribution in [0.2, 0.25) is 15.1 Å². The number of carbonyl (C=O) groups is 1. The molecule has 0 unspecified atom stereocenters. The molecule has 0 saturated carbocycles. The summed E-state index contributed by atoms with van der Waals surface area (Å²) in [4.78, 5) is 11.9. The Balaban J connectivity index is 2.08. The lowest BCUT2D eigenvalue weighted by molar-refractivity contribution is -0.115. The van der Waals surface area contributed by atoms with Crippen LogP contribution >= 0.6 is 34.8 Å². The molecular weight excluding hydrogens is 324 g/mol. The van der Waals surface area contributed by atoms with Gasteiger partial charge in [0.05, 0.1) is 27.2 Å². The van der Waals surface area contributed by atoms with Gasteiger partial charge in [-0.25, -0.2) is 4.39 Å². The molecule has 0 aromatic heterocycles. The molecule has 2 nitrogen and oxygen atoms in total. The van der Waals surface area contributed by atoms with Crippen molar-refractivity contribution < 1.29 is 9.18 Å². The van der Waals surface area contributed by atoms with Gasteiger partial charge in [-0.2, -0.15) is 0 Å². The van der Waals surface area contributed by atoms with Crippen LogP contribution in [-0.4, -0.2) is 5.91 Å². The molecule has 20 heavy (non-hydrogen) atoms. The van der Waals surface area contributed by atoms with Gasteiger partial charge in [0.1, 0.15) is 5.82 Å². The smallest absolute Gasteiger partial charge is 0.228 e. The number of hydrogen-bond acceptors (Lipinski definition) is 1. The highest BCUT2D eigenvalue weighted by molar-refractivity contribution is 6.44. The number of anilines is 1. The van der Waals surface area contributed by atoms with Crippen molar-refractivity contribution in [2.75, 3.05) is 5.32 Å². The van der Waals surface area contributed by atoms with E-state index in [0.29, 0.717) is 26.3 Å². The molecule has 6 heteroatoms. The average molecular weight is 333 g/mol. The fourth-order valence-electron chi connectivity index (χ4n) is 1.60. The Morgan fingerprint density at radius 3 is 2.25 bits per heavy atom. The molecule has 0 saturated heterocycles. The first-order chi connectivity index (χ1) is 9.45. The van der Waals surface area contributed by atoms with E-state index in [1.807, 2.05) is 0 Å². The number of amides is 1. The molecule has 0 spiro atoms. The Morgan fingerprint density at radius 1 is 1.00 bits per heavy atom. The summed E-state index contributed by atoms with van der Waals surface area (Å²) in [6.45, 7) is 0. The van der Waals surface area contributed by atoms with Crippen LogP contribution in [0, 0.1) is 5.82 Å². The predicted molar refractivity (Wildman–Crippen MR) is 80.2 cm³/mol. The number of rotatable bonds is 3. The number of nitrogens with one attached hydrogen (secondary N) is 1. The Kier molecular flexibility index (Phi) is 4.86. The topological polar surface area (TPSA) is 29.1 Å².